The molecule has 0 bridgehead atoms. The molecule has 0 radical (unpaired) electrons. The number of rotatable bonds is 10. The van der Waals surface area contributed by atoms with Gasteiger partial charge in [0.15, 0.2) is 6.23 Å². The van der Waals surface area contributed by atoms with Gasteiger partial charge in [-0.2, -0.15) is 0 Å². The Morgan fingerprint density at radius 1 is 1.39 bits per heavy atom. The number of carbonyl (C=O) groups excluding carboxylic acids is 2. The number of aliphatic imine (C=N–C) groups is 1. The van der Waals surface area contributed by atoms with E-state index in [1.165, 1.54) is 13.2 Å². The van der Waals surface area contributed by atoms with Gasteiger partial charge in [0, 0.05) is 0 Å². The number of hydrogen-bond donors (Lipinski definition) is 1. The zero-order chi connectivity index (χ0) is 16.5. The Morgan fingerprint density at radius 3 is 2.87 bits per heavy atom. The van der Waals surface area contributed by atoms with Gasteiger partial charge in [-0.05, 0) is 31.4 Å². The maximum Gasteiger partial charge on any atom is 0.322 e. The van der Waals surface area contributed by atoms with E-state index >= 15 is 0 Å². The van der Waals surface area contributed by atoms with Crippen molar-refractivity contribution in [2.45, 2.75) is 37.8 Å². The molecule has 23 heavy (non-hydrogen) atoms. The van der Waals surface area contributed by atoms with E-state index in [1.54, 1.807) is 0 Å². The Kier molecular flexibility index (Phi) is 6.75. The number of nitrogens with zero attached hydrogens (tertiary/aromatic N) is 1. The standard InChI is InChI=1S/C16H20N2O5/c1-21-15(20)13(9-5-6-10-17-11-19)18-14-16(23-14)22-12-7-3-2-4-8-12/h2-4,7-8,13-14,16,18H,5-6,9-10H2,1H3. The number of isocyanates is 1. The molecule has 0 spiro atoms. The van der Waals surface area contributed by atoms with Crippen molar-refractivity contribution < 1.29 is 23.8 Å². The lowest BCUT2D eigenvalue weighted by molar-refractivity contribution is -0.143. The van der Waals surface area contributed by atoms with Gasteiger partial charge < -0.3 is 14.2 Å². The number of ether oxygens (including phenoxy) is 3. The van der Waals surface area contributed by atoms with Gasteiger partial charge in [0.1, 0.15) is 11.8 Å². The molecule has 3 unspecified atom stereocenters. The summed E-state index contributed by atoms with van der Waals surface area (Å²) >= 11 is 0. The lowest BCUT2D eigenvalue weighted by Crippen LogP contribution is -2.40. The van der Waals surface area contributed by atoms with Crippen LogP contribution in [0, 0.1) is 0 Å². The van der Waals surface area contributed by atoms with Crippen LogP contribution in [-0.4, -0.2) is 44.3 Å². The summed E-state index contributed by atoms with van der Waals surface area (Å²) in [7, 11) is 1.35. The molecule has 1 aromatic carbocycles. The van der Waals surface area contributed by atoms with Gasteiger partial charge in [-0.25, -0.2) is 9.79 Å². The normalized spacial score (nSPS) is 20.2. The smallest absolute Gasteiger partial charge is 0.322 e. The summed E-state index contributed by atoms with van der Waals surface area (Å²) in [6.45, 7) is 0.414. The fourth-order valence-electron chi connectivity index (χ4n) is 2.13. The molecule has 1 aliphatic rings. The van der Waals surface area contributed by atoms with Crippen LogP contribution in [0.4, 0.5) is 0 Å². The monoisotopic (exact) mass is 320 g/mol. The Bertz CT molecular complexity index is 545. The maximum absolute atomic E-state index is 11.8. The highest BCUT2D eigenvalue weighted by atomic mass is 16.8. The number of benzene rings is 1. The van der Waals surface area contributed by atoms with Crippen LogP contribution < -0.4 is 10.1 Å². The Hall–Kier alpha value is -2.21. The second kappa shape index (κ2) is 9.05. The first kappa shape index (κ1) is 17.1. The van der Waals surface area contributed by atoms with Crippen LogP contribution >= 0.6 is 0 Å². The number of methoxy groups -OCH3 is 1. The fourth-order valence-corrected chi connectivity index (χ4v) is 2.13. The molecule has 2 rings (SSSR count). The number of epoxide rings is 1. The first-order chi connectivity index (χ1) is 11.2. The van der Waals surface area contributed by atoms with Crippen LogP contribution in [-0.2, 0) is 19.1 Å². The summed E-state index contributed by atoms with van der Waals surface area (Å²) < 4.78 is 15.8. The van der Waals surface area contributed by atoms with E-state index in [0.717, 1.165) is 6.42 Å². The summed E-state index contributed by atoms with van der Waals surface area (Å²) in [5.74, 6) is 0.362. The van der Waals surface area contributed by atoms with Crippen molar-refractivity contribution in [3.05, 3.63) is 30.3 Å². The summed E-state index contributed by atoms with van der Waals surface area (Å²) in [4.78, 5) is 25.3. The Labute approximate surface area is 134 Å². The van der Waals surface area contributed by atoms with Gasteiger partial charge in [-0.15, -0.1) is 0 Å². The van der Waals surface area contributed by atoms with Gasteiger partial charge in [0.25, 0.3) is 0 Å². The third-order valence-electron chi connectivity index (χ3n) is 3.38. The molecule has 0 aliphatic carbocycles. The van der Waals surface area contributed by atoms with Crippen LogP contribution in [0.1, 0.15) is 19.3 Å². The topological polar surface area (TPSA) is 89.5 Å². The van der Waals surface area contributed by atoms with Gasteiger partial charge in [-0.3, -0.25) is 10.1 Å². The molecule has 7 nitrogen and oxygen atoms in total. The summed E-state index contributed by atoms with van der Waals surface area (Å²) in [6.07, 6.45) is 2.75. The van der Waals surface area contributed by atoms with Gasteiger partial charge in [0.05, 0.1) is 13.7 Å². The van der Waals surface area contributed by atoms with E-state index in [1.807, 2.05) is 30.3 Å². The molecule has 124 valence electrons. The highest BCUT2D eigenvalue weighted by Crippen LogP contribution is 2.25. The Balaban J connectivity index is 1.75. The lowest BCUT2D eigenvalue weighted by atomic mass is 10.1. The number of carbonyl (C=O) groups is 1. The number of nitrogens with one attached hydrogen (secondary N) is 1. The molecule has 0 saturated carbocycles. The summed E-state index contributed by atoms with van der Waals surface area (Å²) in [5.41, 5.74) is 0. The SMILES string of the molecule is COC(=O)C(CCCCN=C=O)NC1OC1Oc1ccccc1. The van der Waals surface area contributed by atoms with E-state index in [2.05, 4.69) is 10.3 Å². The van der Waals surface area contributed by atoms with Crippen LogP contribution in [0.15, 0.2) is 35.3 Å². The minimum atomic E-state index is -0.477. The highest BCUT2D eigenvalue weighted by Gasteiger charge is 2.44. The molecule has 1 N–H and O–H groups in total. The molecule has 0 amide bonds. The maximum atomic E-state index is 11.8. The van der Waals surface area contributed by atoms with Crippen LogP contribution in [0.25, 0.3) is 0 Å². The number of esters is 1. The summed E-state index contributed by atoms with van der Waals surface area (Å²) in [5, 5.41) is 3.07. The minimum absolute atomic E-state index is 0.340. The Morgan fingerprint density at radius 2 is 2.17 bits per heavy atom. The van der Waals surface area contributed by atoms with Gasteiger partial charge in [-0.1, -0.05) is 18.2 Å². The highest BCUT2D eigenvalue weighted by molar-refractivity contribution is 5.75. The zero-order valence-electron chi connectivity index (χ0n) is 12.9. The molecule has 1 aliphatic heterocycles. The van der Waals surface area contributed by atoms with Crippen molar-refractivity contribution >= 4 is 12.0 Å². The largest absolute Gasteiger partial charge is 0.468 e. The molecule has 0 aromatic heterocycles. The first-order valence-corrected chi connectivity index (χ1v) is 7.49. The van der Waals surface area contributed by atoms with E-state index in [4.69, 9.17) is 14.2 Å². The van der Waals surface area contributed by atoms with Gasteiger partial charge >= 0.3 is 5.97 Å². The van der Waals surface area contributed by atoms with E-state index in [9.17, 15) is 9.59 Å². The van der Waals surface area contributed by atoms with Gasteiger partial charge in [0.2, 0.25) is 12.4 Å². The van der Waals surface area contributed by atoms with Crippen molar-refractivity contribution in [2.24, 2.45) is 4.99 Å². The quantitative estimate of drug-likeness (QED) is 0.230. The predicted molar refractivity (Wildman–Crippen MR) is 81.5 cm³/mol. The van der Waals surface area contributed by atoms with E-state index in [0.29, 0.717) is 25.1 Å². The molecule has 1 aromatic rings. The molecular weight excluding hydrogens is 300 g/mol. The number of unbranched alkanes of at least 4 members (excludes halogenated alkanes) is 1. The lowest BCUT2D eigenvalue weighted by Gasteiger charge is -2.14. The zero-order valence-corrected chi connectivity index (χ0v) is 12.9. The fraction of sp³-hybridized carbons (Fsp3) is 0.500. The molecule has 3 atom stereocenters. The minimum Gasteiger partial charge on any atom is -0.468 e. The van der Waals surface area contributed by atoms with Crippen LogP contribution in [0.5, 0.6) is 5.75 Å². The second-order valence-electron chi connectivity index (χ2n) is 5.07. The third kappa shape index (κ3) is 5.83. The van der Waals surface area contributed by atoms with Crippen LogP contribution in [0.3, 0.4) is 0 Å². The van der Waals surface area contributed by atoms with Crippen molar-refractivity contribution in [1.29, 1.82) is 0 Å². The van der Waals surface area contributed by atoms with E-state index in [-0.39, 0.29) is 12.2 Å². The molecule has 1 heterocycles. The first-order valence-electron chi connectivity index (χ1n) is 7.49. The molecule has 1 fully saturated rings. The number of para-hydroxylation sites is 1. The van der Waals surface area contributed by atoms with Crippen molar-refractivity contribution in [3.8, 4) is 5.75 Å². The summed E-state index contributed by atoms with van der Waals surface area (Å²) in [6, 6.07) is 8.85. The number of hydrogen-bond acceptors (Lipinski definition) is 7. The third-order valence-corrected chi connectivity index (χ3v) is 3.38. The predicted octanol–water partition coefficient (Wildman–Crippen LogP) is 1.39. The molecular formula is C16H20N2O5. The molecule has 7 heteroatoms. The molecule has 1 saturated heterocycles. The average Bonchev–Trinajstić information content (AvgIpc) is 3.31. The second-order valence-corrected chi connectivity index (χ2v) is 5.07. The van der Waals surface area contributed by atoms with E-state index < -0.39 is 12.3 Å². The van der Waals surface area contributed by atoms with Crippen LogP contribution in [0.2, 0.25) is 0 Å². The van der Waals surface area contributed by atoms with Crippen molar-refractivity contribution in [1.82, 2.24) is 5.32 Å². The van der Waals surface area contributed by atoms with Crippen molar-refractivity contribution in [2.75, 3.05) is 13.7 Å². The average molecular weight is 320 g/mol. The van der Waals surface area contributed by atoms with Crippen molar-refractivity contribution in [3.63, 3.8) is 0 Å².